The van der Waals surface area contributed by atoms with E-state index >= 15 is 0 Å². The van der Waals surface area contributed by atoms with E-state index in [2.05, 4.69) is 34.0 Å². The standard InChI is InChI=1S/C30H35N5O7/c1-6-35(7-2)21-9-10-22-20(14-26(36)42-23(22)15-21)17-41-30(37)34-28-19(16-32-29(31)33-28)11-18-12-24(38-4)27(40-8-3)25(13-18)39-5/h9-10,12-16H,6-8,11,17H2,1-5H3,(H3,31,32,33,34,37). The Hall–Kier alpha value is -5.00. The number of nitrogens with one attached hydrogen (secondary N) is 1. The van der Waals surface area contributed by atoms with Crippen molar-refractivity contribution in [3.8, 4) is 17.2 Å². The molecule has 1 amide bonds. The van der Waals surface area contributed by atoms with Gasteiger partial charge in [-0.15, -0.1) is 0 Å². The van der Waals surface area contributed by atoms with Gasteiger partial charge in [0.1, 0.15) is 18.0 Å². The molecule has 0 aliphatic carbocycles. The first-order valence-corrected chi connectivity index (χ1v) is 13.5. The van der Waals surface area contributed by atoms with Gasteiger partial charge in [0.15, 0.2) is 11.5 Å². The highest BCUT2D eigenvalue weighted by atomic mass is 16.5. The molecule has 222 valence electrons. The van der Waals surface area contributed by atoms with E-state index in [-0.39, 0.29) is 18.4 Å². The van der Waals surface area contributed by atoms with Crippen LogP contribution in [0.1, 0.15) is 37.5 Å². The molecule has 42 heavy (non-hydrogen) atoms. The van der Waals surface area contributed by atoms with Crippen LogP contribution in [-0.4, -0.2) is 50.0 Å². The van der Waals surface area contributed by atoms with Crippen LogP contribution in [0.4, 0.5) is 22.2 Å². The minimum absolute atomic E-state index is 0.0217. The van der Waals surface area contributed by atoms with Crippen LogP contribution >= 0.6 is 0 Å². The summed E-state index contributed by atoms with van der Waals surface area (Å²) in [6, 6.07) is 10.5. The Morgan fingerprint density at radius 1 is 1.02 bits per heavy atom. The van der Waals surface area contributed by atoms with E-state index in [9.17, 15) is 9.59 Å². The van der Waals surface area contributed by atoms with Gasteiger partial charge in [-0.3, -0.25) is 5.32 Å². The van der Waals surface area contributed by atoms with Crippen molar-refractivity contribution in [2.75, 3.05) is 49.9 Å². The maximum Gasteiger partial charge on any atom is 0.413 e. The predicted molar refractivity (Wildman–Crippen MR) is 160 cm³/mol. The predicted octanol–water partition coefficient (Wildman–Crippen LogP) is 4.77. The molecular weight excluding hydrogens is 542 g/mol. The Balaban J connectivity index is 1.53. The van der Waals surface area contributed by atoms with Crippen molar-refractivity contribution in [2.24, 2.45) is 0 Å². The van der Waals surface area contributed by atoms with Crippen LogP contribution in [0.3, 0.4) is 0 Å². The Morgan fingerprint density at radius 3 is 2.38 bits per heavy atom. The van der Waals surface area contributed by atoms with Gasteiger partial charge in [0.25, 0.3) is 0 Å². The van der Waals surface area contributed by atoms with Crippen LogP contribution in [0.5, 0.6) is 17.2 Å². The summed E-state index contributed by atoms with van der Waals surface area (Å²) in [6.07, 6.45) is 1.06. The van der Waals surface area contributed by atoms with E-state index in [1.165, 1.54) is 12.3 Å². The van der Waals surface area contributed by atoms with E-state index in [0.29, 0.717) is 52.4 Å². The molecule has 0 bridgehead atoms. The molecule has 0 saturated heterocycles. The van der Waals surface area contributed by atoms with Gasteiger partial charge >= 0.3 is 11.7 Å². The Morgan fingerprint density at radius 2 is 1.74 bits per heavy atom. The number of anilines is 3. The summed E-state index contributed by atoms with van der Waals surface area (Å²) >= 11 is 0. The molecule has 0 aliphatic rings. The zero-order chi connectivity index (χ0) is 30.2. The summed E-state index contributed by atoms with van der Waals surface area (Å²) in [6.45, 7) is 7.87. The van der Waals surface area contributed by atoms with E-state index < -0.39 is 11.7 Å². The molecule has 4 aromatic rings. The minimum atomic E-state index is -0.780. The van der Waals surface area contributed by atoms with Gasteiger partial charge in [-0.25, -0.2) is 14.6 Å². The van der Waals surface area contributed by atoms with Crippen LogP contribution in [0.25, 0.3) is 11.0 Å². The van der Waals surface area contributed by atoms with Gasteiger partial charge < -0.3 is 34.0 Å². The van der Waals surface area contributed by atoms with Crippen molar-refractivity contribution >= 4 is 34.5 Å². The molecular formula is C30H35N5O7. The number of carbonyl (C=O) groups excluding carboxylic acids is 1. The average Bonchev–Trinajstić information content (AvgIpc) is 2.98. The highest BCUT2D eigenvalue weighted by Gasteiger charge is 2.18. The average molecular weight is 578 g/mol. The van der Waals surface area contributed by atoms with Crippen molar-refractivity contribution < 1.29 is 28.2 Å². The molecule has 0 fully saturated rings. The number of nitrogen functional groups attached to an aromatic ring is 1. The summed E-state index contributed by atoms with van der Waals surface area (Å²) < 4.78 is 27.6. The van der Waals surface area contributed by atoms with E-state index in [1.54, 1.807) is 14.2 Å². The molecule has 12 heteroatoms. The molecule has 3 N–H and O–H groups in total. The van der Waals surface area contributed by atoms with Crippen molar-refractivity contribution in [1.29, 1.82) is 0 Å². The molecule has 0 atom stereocenters. The fourth-order valence-electron chi connectivity index (χ4n) is 4.60. The van der Waals surface area contributed by atoms with Gasteiger partial charge in [-0.1, -0.05) is 0 Å². The summed E-state index contributed by atoms with van der Waals surface area (Å²) in [5, 5.41) is 3.32. The molecule has 0 radical (unpaired) electrons. The molecule has 2 aromatic carbocycles. The van der Waals surface area contributed by atoms with Gasteiger partial charge in [0.2, 0.25) is 11.7 Å². The molecule has 0 aliphatic heterocycles. The van der Waals surface area contributed by atoms with Crippen LogP contribution in [0, 0.1) is 0 Å². The lowest BCUT2D eigenvalue weighted by Crippen LogP contribution is -2.21. The van der Waals surface area contributed by atoms with Crippen molar-refractivity contribution in [1.82, 2.24) is 9.97 Å². The van der Waals surface area contributed by atoms with E-state index in [4.69, 9.17) is 29.1 Å². The molecule has 2 aromatic heterocycles. The van der Waals surface area contributed by atoms with Crippen molar-refractivity contribution in [3.63, 3.8) is 0 Å². The number of carbonyl (C=O) groups is 1. The Bertz CT molecular complexity index is 1590. The first-order valence-electron chi connectivity index (χ1n) is 13.5. The maximum atomic E-state index is 12.9. The zero-order valence-corrected chi connectivity index (χ0v) is 24.4. The van der Waals surface area contributed by atoms with Crippen LogP contribution < -0.4 is 35.8 Å². The largest absolute Gasteiger partial charge is 0.493 e. The number of hydrogen-bond donors (Lipinski definition) is 2. The minimum Gasteiger partial charge on any atom is -0.493 e. The topological polar surface area (TPSA) is 151 Å². The van der Waals surface area contributed by atoms with E-state index in [0.717, 1.165) is 24.3 Å². The zero-order valence-electron chi connectivity index (χ0n) is 24.4. The SMILES string of the molecule is CCOc1c(OC)cc(Cc2cnc(N)nc2NC(=O)OCc2cc(=O)oc3cc(N(CC)CC)ccc23)cc1OC. The molecule has 12 nitrogen and oxygen atoms in total. The van der Waals surface area contributed by atoms with Gasteiger partial charge in [0.05, 0.1) is 20.8 Å². The smallest absolute Gasteiger partial charge is 0.413 e. The number of methoxy groups -OCH3 is 2. The lowest BCUT2D eigenvalue weighted by Gasteiger charge is -2.21. The normalized spacial score (nSPS) is 10.8. The fraction of sp³-hybridized carbons (Fsp3) is 0.333. The van der Waals surface area contributed by atoms with E-state index in [1.807, 2.05) is 37.3 Å². The number of hydrogen-bond acceptors (Lipinski definition) is 11. The van der Waals surface area contributed by atoms with Crippen molar-refractivity contribution in [3.05, 3.63) is 69.7 Å². The third-order valence-corrected chi connectivity index (χ3v) is 6.61. The summed E-state index contributed by atoms with van der Waals surface area (Å²) in [4.78, 5) is 35.6. The second kappa shape index (κ2) is 13.6. The number of aromatic nitrogens is 2. The lowest BCUT2D eigenvalue weighted by atomic mass is 10.1. The highest BCUT2D eigenvalue weighted by molar-refractivity contribution is 5.86. The molecule has 0 spiro atoms. The fourth-order valence-corrected chi connectivity index (χ4v) is 4.60. The Labute approximate surface area is 243 Å². The quantitative estimate of drug-likeness (QED) is 0.224. The number of fused-ring (bicyclic) bond motifs is 1. The molecule has 2 heterocycles. The van der Waals surface area contributed by atoms with Crippen LogP contribution in [0.15, 0.2) is 51.8 Å². The second-order valence-corrected chi connectivity index (χ2v) is 9.19. The van der Waals surface area contributed by atoms with Crippen LogP contribution in [-0.2, 0) is 17.8 Å². The number of nitrogens with zero attached hydrogens (tertiary/aromatic N) is 3. The molecule has 0 unspecified atom stereocenters. The van der Waals surface area contributed by atoms with Gasteiger partial charge in [0, 0.05) is 60.0 Å². The summed E-state index contributed by atoms with van der Waals surface area (Å²) in [5.74, 6) is 1.65. The van der Waals surface area contributed by atoms with Crippen molar-refractivity contribution in [2.45, 2.75) is 33.8 Å². The number of rotatable bonds is 12. The summed E-state index contributed by atoms with van der Waals surface area (Å²) in [5.41, 5.74) is 8.51. The monoisotopic (exact) mass is 577 g/mol. The first kappa shape index (κ1) is 30.0. The number of nitrogens with two attached hydrogens (primary N) is 1. The number of ether oxygens (including phenoxy) is 4. The second-order valence-electron chi connectivity index (χ2n) is 9.19. The summed E-state index contributed by atoms with van der Waals surface area (Å²) in [7, 11) is 3.08. The highest BCUT2D eigenvalue weighted by Crippen LogP contribution is 2.39. The molecule has 4 rings (SSSR count). The Kier molecular flexibility index (Phi) is 9.69. The first-order chi connectivity index (χ1) is 20.3. The third-order valence-electron chi connectivity index (χ3n) is 6.61. The number of amides is 1. The third kappa shape index (κ3) is 6.82. The van der Waals surface area contributed by atoms with Gasteiger partial charge in [-0.2, -0.15) is 4.98 Å². The lowest BCUT2D eigenvalue weighted by molar-refractivity contribution is 0.155. The number of benzene rings is 2. The molecule has 0 saturated carbocycles. The van der Waals surface area contributed by atoms with Crippen LogP contribution in [0.2, 0.25) is 0 Å². The van der Waals surface area contributed by atoms with Gasteiger partial charge in [-0.05, 0) is 50.6 Å². The maximum absolute atomic E-state index is 12.9.